The van der Waals surface area contributed by atoms with Crippen LogP contribution in [0.1, 0.15) is 5.56 Å². The van der Waals surface area contributed by atoms with Gasteiger partial charge in [-0.25, -0.2) is 4.21 Å². The summed E-state index contributed by atoms with van der Waals surface area (Å²) in [5, 5.41) is 1.29. The van der Waals surface area contributed by atoms with Crippen molar-refractivity contribution in [3.8, 4) is 0 Å². The van der Waals surface area contributed by atoms with Gasteiger partial charge in [0.15, 0.2) is 0 Å². The van der Waals surface area contributed by atoms with Gasteiger partial charge in [-0.2, -0.15) is 0 Å². The van der Waals surface area contributed by atoms with Crippen molar-refractivity contribution in [3.05, 3.63) is 57.0 Å². The molecule has 0 bridgehead atoms. The fourth-order valence-corrected chi connectivity index (χ4v) is 4.69. The molecule has 0 N–H and O–H groups in total. The number of aryl methyl sites for hydroxylation is 1. The van der Waals surface area contributed by atoms with Gasteiger partial charge in [-0.05, 0) is 31.2 Å². The van der Waals surface area contributed by atoms with Crippen LogP contribution >= 0.6 is 58.3 Å². The van der Waals surface area contributed by atoms with E-state index in [0.717, 1.165) is 4.90 Å². The molecule has 7 heteroatoms. The van der Waals surface area contributed by atoms with Crippen LogP contribution in [0.2, 0.25) is 15.1 Å². The van der Waals surface area contributed by atoms with Gasteiger partial charge in [0.2, 0.25) is 0 Å². The Labute approximate surface area is 150 Å². The van der Waals surface area contributed by atoms with Crippen molar-refractivity contribution in [1.82, 2.24) is 0 Å². The van der Waals surface area contributed by atoms with Crippen LogP contribution in [0.15, 0.2) is 46.2 Å². The Balaban J connectivity index is 2.19. The van der Waals surface area contributed by atoms with Gasteiger partial charge in [-0.15, -0.1) is 0 Å². The van der Waals surface area contributed by atoms with Crippen molar-refractivity contribution in [2.45, 2.75) is 16.7 Å². The molecule has 0 aliphatic rings. The van der Waals surface area contributed by atoms with Crippen LogP contribution in [-0.2, 0) is 11.3 Å². The average molecular weight is 396 g/mol. The average Bonchev–Trinajstić information content (AvgIpc) is 2.46. The van der Waals surface area contributed by atoms with Gasteiger partial charge in [-0.1, -0.05) is 76.0 Å². The summed E-state index contributed by atoms with van der Waals surface area (Å²) in [7, 11) is 0. The molecule has 1 nitrogen and oxygen atoms in total. The molecule has 110 valence electrons. The maximum absolute atomic E-state index is 11.3. The summed E-state index contributed by atoms with van der Waals surface area (Å²) in [5.74, 6) is 0. The molecule has 2 rings (SSSR count). The number of hydrogen-bond donors (Lipinski definition) is 0. The minimum Gasteiger partial charge on any atom is -0.211 e. The van der Waals surface area contributed by atoms with Crippen molar-refractivity contribution in [1.29, 1.82) is 0 Å². The Kier molecular flexibility index (Phi) is 6.53. The highest BCUT2D eigenvalue weighted by Gasteiger charge is 2.11. The molecule has 0 amide bonds. The fraction of sp³-hybridized carbons (Fsp3) is 0.0714. The van der Waals surface area contributed by atoms with Crippen molar-refractivity contribution in [2.24, 2.45) is 0 Å². The summed E-state index contributed by atoms with van der Waals surface area (Å²) in [6, 6.07) is 11.2. The van der Waals surface area contributed by atoms with E-state index in [2.05, 4.69) is 0 Å². The van der Waals surface area contributed by atoms with Gasteiger partial charge in [-0.3, -0.25) is 0 Å². The highest BCUT2D eigenvalue weighted by Crippen LogP contribution is 2.38. The van der Waals surface area contributed by atoms with E-state index in [1.54, 1.807) is 12.1 Å². The molecule has 2 aromatic carbocycles. The van der Waals surface area contributed by atoms with Gasteiger partial charge in [0.25, 0.3) is 0 Å². The van der Waals surface area contributed by atoms with E-state index in [1.165, 1.54) is 29.1 Å². The summed E-state index contributed by atoms with van der Waals surface area (Å²) in [6.07, 6.45) is 0. The molecule has 0 fully saturated rings. The molecule has 0 heterocycles. The zero-order valence-electron chi connectivity index (χ0n) is 10.7. The predicted molar refractivity (Wildman–Crippen MR) is 97.5 cm³/mol. The lowest BCUT2D eigenvalue weighted by Gasteiger charge is -2.07. The third-order valence-electron chi connectivity index (χ3n) is 2.46. The molecule has 0 aromatic heterocycles. The van der Waals surface area contributed by atoms with Crippen LogP contribution in [0.3, 0.4) is 0 Å². The first kappa shape index (κ1) is 17.3. The van der Waals surface area contributed by atoms with Crippen LogP contribution in [-0.4, -0.2) is 7.74 Å². The molecule has 0 aliphatic carbocycles. The van der Waals surface area contributed by atoms with Crippen molar-refractivity contribution in [2.75, 3.05) is 0 Å². The molecular formula is C14H9Cl3OS3. The monoisotopic (exact) mass is 394 g/mol. The lowest BCUT2D eigenvalue weighted by atomic mass is 10.2. The van der Waals surface area contributed by atoms with E-state index in [9.17, 15) is 4.21 Å². The Morgan fingerprint density at radius 2 is 1.52 bits per heavy atom. The summed E-state index contributed by atoms with van der Waals surface area (Å²) in [4.78, 5) is 1.71. The standard InChI is InChI=1S/C14H9Cl3OS3/c1-8-2-4-9(5-3-8)19-14(21-18)20-13-7-11(16)10(15)6-12(13)17/h2-7H,1H3. The van der Waals surface area contributed by atoms with E-state index < -0.39 is 0 Å². The Hall–Kier alpha value is -0.100. The Bertz CT molecular complexity index is 710. The largest absolute Gasteiger partial charge is 0.211 e. The second-order valence-electron chi connectivity index (χ2n) is 4.05. The minimum atomic E-state index is 0.397. The zero-order valence-corrected chi connectivity index (χ0v) is 15.4. The van der Waals surface area contributed by atoms with Gasteiger partial charge in [0.1, 0.15) is 14.8 Å². The Morgan fingerprint density at radius 1 is 0.905 bits per heavy atom. The zero-order chi connectivity index (χ0) is 15.4. The van der Waals surface area contributed by atoms with Gasteiger partial charge < -0.3 is 0 Å². The Morgan fingerprint density at radius 3 is 2.14 bits per heavy atom. The third-order valence-corrected chi connectivity index (χ3v) is 6.55. The smallest absolute Gasteiger partial charge is 0.144 e. The lowest BCUT2D eigenvalue weighted by Crippen LogP contribution is -1.87. The topological polar surface area (TPSA) is 17.1 Å². The number of benzene rings is 2. The lowest BCUT2D eigenvalue weighted by molar-refractivity contribution is 0.701. The maximum atomic E-state index is 11.3. The van der Waals surface area contributed by atoms with Gasteiger partial charge in [0.05, 0.1) is 15.1 Å². The molecule has 21 heavy (non-hydrogen) atoms. The number of halogens is 3. The molecule has 0 aliphatic heterocycles. The molecule has 0 radical (unpaired) electrons. The van der Waals surface area contributed by atoms with Crippen molar-refractivity contribution >= 4 is 73.1 Å². The van der Waals surface area contributed by atoms with Gasteiger partial charge in [0, 0.05) is 9.79 Å². The molecular weight excluding hydrogens is 387 g/mol. The van der Waals surface area contributed by atoms with Crippen LogP contribution in [0, 0.1) is 6.92 Å². The summed E-state index contributed by atoms with van der Waals surface area (Å²) >= 11 is 21.1. The predicted octanol–water partition coefficient (Wildman–Crippen LogP) is 6.14. The summed E-state index contributed by atoms with van der Waals surface area (Å²) < 4.78 is 11.9. The second-order valence-corrected chi connectivity index (χ2v) is 8.75. The molecule has 2 aromatic rings. The van der Waals surface area contributed by atoms with E-state index in [0.29, 0.717) is 34.7 Å². The molecule has 0 saturated carbocycles. The van der Waals surface area contributed by atoms with Crippen LogP contribution < -0.4 is 0 Å². The summed E-state index contributed by atoms with van der Waals surface area (Å²) in [6.45, 7) is 2.02. The number of hydrogen-bond acceptors (Lipinski definition) is 3. The third kappa shape index (κ3) is 4.95. The number of thioether (sulfide) groups is 2. The SMILES string of the molecule is Cc1ccc(SC(Sc2cc(Cl)c(Cl)cc2Cl)=S=O)cc1. The minimum absolute atomic E-state index is 0.397. The molecule has 0 atom stereocenters. The first-order chi connectivity index (χ1) is 9.99. The highest BCUT2D eigenvalue weighted by molar-refractivity contribution is 8.45. The molecule has 0 unspecified atom stereocenters. The first-order valence-electron chi connectivity index (χ1n) is 5.73. The van der Waals surface area contributed by atoms with E-state index in [-0.39, 0.29) is 0 Å². The number of rotatable bonds is 2. The second kappa shape index (κ2) is 7.95. The van der Waals surface area contributed by atoms with E-state index in [4.69, 9.17) is 34.8 Å². The van der Waals surface area contributed by atoms with Crippen LogP contribution in [0.4, 0.5) is 0 Å². The highest BCUT2D eigenvalue weighted by atomic mass is 35.5. The van der Waals surface area contributed by atoms with E-state index in [1.807, 2.05) is 31.2 Å². The van der Waals surface area contributed by atoms with Gasteiger partial charge >= 0.3 is 0 Å². The van der Waals surface area contributed by atoms with Crippen molar-refractivity contribution in [3.63, 3.8) is 0 Å². The summed E-state index contributed by atoms with van der Waals surface area (Å²) in [5.41, 5.74) is 1.18. The van der Waals surface area contributed by atoms with E-state index >= 15 is 0 Å². The fourth-order valence-electron chi connectivity index (χ4n) is 1.43. The van der Waals surface area contributed by atoms with Crippen molar-refractivity contribution < 1.29 is 4.21 Å². The van der Waals surface area contributed by atoms with Crippen LogP contribution in [0.25, 0.3) is 0 Å². The quantitative estimate of drug-likeness (QED) is 0.345. The first-order valence-corrected chi connectivity index (χ1v) is 9.24. The molecule has 0 spiro atoms. The van der Waals surface area contributed by atoms with Crippen LogP contribution in [0.5, 0.6) is 0 Å². The maximum Gasteiger partial charge on any atom is 0.144 e. The normalized spacial score (nSPS) is 10.5. The molecule has 0 saturated heterocycles.